The van der Waals surface area contributed by atoms with Crippen molar-refractivity contribution in [2.24, 2.45) is 0 Å². The molecule has 0 aliphatic heterocycles. The third kappa shape index (κ3) is 3.79. The molecule has 0 radical (unpaired) electrons. The topological polar surface area (TPSA) is 57.1 Å². The molecule has 0 bridgehead atoms. The van der Waals surface area contributed by atoms with Crippen molar-refractivity contribution in [1.82, 2.24) is 15.0 Å². The van der Waals surface area contributed by atoms with Gasteiger partial charge in [0.1, 0.15) is 5.75 Å². The second kappa shape index (κ2) is 6.33. The van der Waals surface area contributed by atoms with Crippen molar-refractivity contribution in [1.29, 1.82) is 0 Å². The Balaban J connectivity index is 2.22. The molecule has 0 fully saturated rings. The first kappa shape index (κ1) is 13.5. The van der Waals surface area contributed by atoms with Gasteiger partial charge in [0.05, 0.1) is 6.61 Å². The van der Waals surface area contributed by atoms with E-state index in [0.29, 0.717) is 12.4 Å². The van der Waals surface area contributed by atoms with Crippen molar-refractivity contribution in [2.45, 2.75) is 20.3 Å². The van der Waals surface area contributed by atoms with Crippen molar-refractivity contribution in [3.05, 3.63) is 35.1 Å². The number of rotatable bonds is 5. The third-order valence-electron chi connectivity index (χ3n) is 2.36. The number of hydrogen-bond acceptors (Lipinski definition) is 5. The van der Waals surface area contributed by atoms with E-state index in [4.69, 9.17) is 21.1 Å². The zero-order chi connectivity index (χ0) is 13.7. The fourth-order valence-electron chi connectivity index (χ4n) is 1.49. The van der Waals surface area contributed by atoms with E-state index >= 15 is 0 Å². The van der Waals surface area contributed by atoms with Crippen LogP contribution in [0.3, 0.4) is 0 Å². The minimum absolute atomic E-state index is 0.0418. The molecule has 0 aliphatic carbocycles. The number of aryl methyl sites for hydroxylation is 1. The molecule has 19 heavy (non-hydrogen) atoms. The summed E-state index contributed by atoms with van der Waals surface area (Å²) in [7, 11) is 0. The van der Waals surface area contributed by atoms with Gasteiger partial charge in [0.25, 0.3) is 0 Å². The molecule has 0 saturated carbocycles. The van der Waals surface area contributed by atoms with Crippen molar-refractivity contribution >= 4 is 11.6 Å². The van der Waals surface area contributed by atoms with Crippen LogP contribution in [0.2, 0.25) is 5.28 Å². The molecule has 1 aromatic carbocycles. The maximum atomic E-state index is 5.79. The maximum Gasteiger partial charge on any atom is 0.329 e. The highest BCUT2D eigenvalue weighted by molar-refractivity contribution is 6.28. The SMILES string of the molecule is CCOc1nc(Cl)nc(Oc2cccc(CC)c2)n1. The summed E-state index contributed by atoms with van der Waals surface area (Å²) in [5, 5.41) is 0.0418. The van der Waals surface area contributed by atoms with E-state index in [1.807, 2.05) is 31.2 Å². The van der Waals surface area contributed by atoms with Crippen LogP contribution < -0.4 is 9.47 Å². The lowest BCUT2D eigenvalue weighted by Crippen LogP contribution is -2.01. The summed E-state index contributed by atoms with van der Waals surface area (Å²) in [6.07, 6.45) is 0.930. The van der Waals surface area contributed by atoms with Gasteiger partial charge in [-0.1, -0.05) is 19.1 Å². The van der Waals surface area contributed by atoms with Crippen LogP contribution in [0.4, 0.5) is 0 Å². The van der Waals surface area contributed by atoms with E-state index in [-0.39, 0.29) is 17.3 Å². The fourth-order valence-corrected chi connectivity index (χ4v) is 1.63. The van der Waals surface area contributed by atoms with E-state index in [1.54, 1.807) is 0 Å². The molecule has 100 valence electrons. The monoisotopic (exact) mass is 279 g/mol. The summed E-state index contributed by atoms with van der Waals surface area (Å²) in [6.45, 7) is 4.36. The molecule has 1 heterocycles. The Kier molecular flexibility index (Phi) is 4.52. The normalized spacial score (nSPS) is 10.3. The Bertz CT molecular complexity index is 563. The average molecular weight is 280 g/mol. The molecule has 5 nitrogen and oxygen atoms in total. The van der Waals surface area contributed by atoms with E-state index in [0.717, 1.165) is 6.42 Å². The number of hydrogen-bond donors (Lipinski definition) is 0. The van der Waals surface area contributed by atoms with Gasteiger partial charge in [-0.2, -0.15) is 9.97 Å². The summed E-state index contributed by atoms with van der Waals surface area (Å²) in [6, 6.07) is 7.98. The molecule has 0 atom stereocenters. The Morgan fingerprint density at radius 2 is 1.89 bits per heavy atom. The molecule has 0 amide bonds. The lowest BCUT2D eigenvalue weighted by atomic mass is 10.2. The van der Waals surface area contributed by atoms with Crippen LogP contribution in [-0.2, 0) is 6.42 Å². The highest BCUT2D eigenvalue weighted by Crippen LogP contribution is 2.21. The summed E-state index contributed by atoms with van der Waals surface area (Å²) >= 11 is 5.79. The highest BCUT2D eigenvalue weighted by Gasteiger charge is 2.08. The van der Waals surface area contributed by atoms with Gasteiger partial charge < -0.3 is 9.47 Å². The van der Waals surface area contributed by atoms with Crippen LogP contribution in [0, 0.1) is 0 Å². The molecular weight excluding hydrogens is 266 g/mol. The Morgan fingerprint density at radius 3 is 2.63 bits per heavy atom. The Hall–Kier alpha value is -1.88. The van der Waals surface area contributed by atoms with Gasteiger partial charge in [-0.3, -0.25) is 0 Å². The van der Waals surface area contributed by atoms with Crippen LogP contribution in [0.15, 0.2) is 24.3 Å². The predicted molar refractivity (Wildman–Crippen MR) is 71.9 cm³/mol. The van der Waals surface area contributed by atoms with Crippen molar-refractivity contribution in [2.75, 3.05) is 6.61 Å². The van der Waals surface area contributed by atoms with Crippen molar-refractivity contribution < 1.29 is 9.47 Å². The van der Waals surface area contributed by atoms with Gasteiger partial charge in [-0.25, -0.2) is 0 Å². The summed E-state index contributed by atoms with van der Waals surface area (Å²) in [4.78, 5) is 11.8. The second-order valence-corrected chi connectivity index (χ2v) is 4.04. The number of halogens is 1. The number of nitrogens with zero attached hydrogens (tertiary/aromatic N) is 3. The average Bonchev–Trinajstić information content (AvgIpc) is 2.38. The zero-order valence-electron chi connectivity index (χ0n) is 10.8. The number of benzene rings is 1. The second-order valence-electron chi connectivity index (χ2n) is 3.71. The molecule has 1 aromatic heterocycles. The van der Waals surface area contributed by atoms with Crippen LogP contribution in [0.25, 0.3) is 0 Å². The maximum absolute atomic E-state index is 5.79. The first-order valence-corrected chi connectivity index (χ1v) is 6.40. The van der Waals surface area contributed by atoms with Gasteiger partial charge in [0.2, 0.25) is 5.28 Å². The Labute approximate surface area is 116 Å². The van der Waals surface area contributed by atoms with Gasteiger partial charge in [-0.15, -0.1) is 4.98 Å². The zero-order valence-corrected chi connectivity index (χ0v) is 11.5. The molecule has 0 aliphatic rings. The van der Waals surface area contributed by atoms with E-state index in [1.165, 1.54) is 5.56 Å². The van der Waals surface area contributed by atoms with Gasteiger partial charge in [-0.05, 0) is 42.6 Å². The minimum atomic E-state index is 0.0418. The van der Waals surface area contributed by atoms with Crippen molar-refractivity contribution in [3.63, 3.8) is 0 Å². The summed E-state index contributed by atoms with van der Waals surface area (Å²) in [5.41, 5.74) is 1.17. The van der Waals surface area contributed by atoms with E-state index in [2.05, 4.69) is 21.9 Å². The molecular formula is C13H14ClN3O2. The summed E-state index contributed by atoms with van der Waals surface area (Å²) < 4.78 is 10.7. The standard InChI is InChI=1S/C13H14ClN3O2/c1-3-9-6-5-7-10(8-9)19-13-16-11(14)15-12(17-13)18-4-2/h5-8H,3-4H2,1-2H3. The smallest absolute Gasteiger partial charge is 0.329 e. The predicted octanol–water partition coefficient (Wildman–Crippen LogP) is 3.28. The van der Waals surface area contributed by atoms with E-state index in [9.17, 15) is 0 Å². The molecule has 2 aromatic rings. The number of ether oxygens (including phenoxy) is 2. The van der Waals surface area contributed by atoms with Crippen LogP contribution >= 0.6 is 11.6 Å². The van der Waals surface area contributed by atoms with Crippen LogP contribution in [0.5, 0.6) is 17.8 Å². The largest absolute Gasteiger partial charge is 0.464 e. The first-order chi connectivity index (χ1) is 9.21. The lowest BCUT2D eigenvalue weighted by Gasteiger charge is -2.06. The molecule has 6 heteroatoms. The molecule has 0 spiro atoms. The van der Waals surface area contributed by atoms with Crippen LogP contribution in [-0.4, -0.2) is 21.6 Å². The van der Waals surface area contributed by atoms with Gasteiger partial charge in [0, 0.05) is 0 Å². The highest BCUT2D eigenvalue weighted by atomic mass is 35.5. The van der Waals surface area contributed by atoms with Gasteiger partial charge in [0.15, 0.2) is 0 Å². The fraction of sp³-hybridized carbons (Fsp3) is 0.308. The molecule has 0 N–H and O–H groups in total. The summed E-state index contributed by atoms with van der Waals surface area (Å²) in [5.74, 6) is 0.657. The number of aromatic nitrogens is 3. The quantitative estimate of drug-likeness (QED) is 0.841. The third-order valence-corrected chi connectivity index (χ3v) is 2.53. The van der Waals surface area contributed by atoms with E-state index < -0.39 is 0 Å². The first-order valence-electron chi connectivity index (χ1n) is 6.02. The lowest BCUT2D eigenvalue weighted by molar-refractivity contribution is 0.303. The van der Waals surface area contributed by atoms with Gasteiger partial charge >= 0.3 is 12.0 Å². The minimum Gasteiger partial charge on any atom is -0.464 e. The molecule has 2 rings (SSSR count). The van der Waals surface area contributed by atoms with Crippen LogP contribution in [0.1, 0.15) is 19.4 Å². The molecule has 0 saturated heterocycles. The van der Waals surface area contributed by atoms with Crippen molar-refractivity contribution in [3.8, 4) is 17.8 Å². The Morgan fingerprint density at radius 1 is 1.11 bits per heavy atom. The molecule has 0 unspecified atom stereocenters.